The molecule has 1 fully saturated rings. The molecule has 0 aliphatic heterocycles. The summed E-state index contributed by atoms with van der Waals surface area (Å²) in [6, 6.07) is 1.81. The highest BCUT2D eigenvalue weighted by molar-refractivity contribution is 5.55. The molecule has 19 heavy (non-hydrogen) atoms. The molecule has 0 atom stereocenters. The van der Waals surface area contributed by atoms with Crippen LogP contribution < -0.4 is 4.74 Å². The summed E-state index contributed by atoms with van der Waals surface area (Å²) in [5.74, 6) is 0.942. The lowest BCUT2D eigenvalue weighted by Crippen LogP contribution is -2.19. The Morgan fingerprint density at radius 2 is 1.95 bits per heavy atom. The second-order valence-corrected chi connectivity index (χ2v) is 5.17. The number of methoxy groups -OCH3 is 1. The van der Waals surface area contributed by atoms with Crippen LogP contribution in [-0.4, -0.2) is 18.3 Å². The van der Waals surface area contributed by atoms with Crippen molar-refractivity contribution >= 4 is 6.08 Å². The van der Waals surface area contributed by atoms with Crippen LogP contribution in [0.4, 0.5) is 0 Å². The first kappa shape index (κ1) is 13.6. The summed E-state index contributed by atoms with van der Waals surface area (Å²) in [6.45, 7) is 3.76. The third-order valence-electron chi connectivity index (χ3n) is 4.23. The highest BCUT2D eigenvalue weighted by atomic mass is 16.5. The van der Waals surface area contributed by atoms with Crippen molar-refractivity contribution < 1.29 is 14.6 Å². The standard InChI is InChI=1S/C15H19NO3/c1-10-11(2)14(18)12(8-13(10)19-3)15(16-9-17)6-4-5-7-15/h8,18H,4-7H2,1-3H3. The second-order valence-electron chi connectivity index (χ2n) is 5.17. The number of nitrogens with zero attached hydrogens (tertiary/aromatic N) is 1. The molecule has 1 aliphatic rings. The zero-order chi connectivity index (χ0) is 14.0. The molecule has 0 amide bonds. The van der Waals surface area contributed by atoms with E-state index in [2.05, 4.69) is 4.99 Å². The highest BCUT2D eigenvalue weighted by Gasteiger charge is 2.39. The minimum atomic E-state index is -0.627. The van der Waals surface area contributed by atoms with Gasteiger partial charge in [-0.15, -0.1) is 0 Å². The fraction of sp³-hybridized carbons (Fsp3) is 0.533. The molecule has 1 aromatic carbocycles. The summed E-state index contributed by atoms with van der Waals surface area (Å²) in [7, 11) is 1.60. The summed E-state index contributed by atoms with van der Waals surface area (Å²) in [5.41, 5.74) is 1.75. The van der Waals surface area contributed by atoms with Crippen molar-refractivity contribution in [1.29, 1.82) is 0 Å². The lowest BCUT2D eigenvalue weighted by Gasteiger charge is -2.26. The fourth-order valence-electron chi connectivity index (χ4n) is 2.93. The van der Waals surface area contributed by atoms with Crippen molar-refractivity contribution in [2.24, 2.45) is 4.99 Å². The molecular formula is C15H19NO3. The van der Waals surface area contributed by atoms with Gasteiger partial charge in [0.2, 0.25) is 6.08 Å². The minimum absolute atomic E-state index is 0.221. The molecule has 4 heteroatoms. The molecule has 1 aliphatic carbocycles. The number of benzene rings is 1. The Morgan fingerprint density at radius 1 is 1.32 bits per heavy atom. The number of aliphatic imine (C=N–C) groups is 1. The van der Waals surface area contributed by atoms with Gasteiger partial charge in [0, 0.05) is 5.56 Å². The van der Waals surface area contributed by atoms with E-state index in [1.54, 1.807) is 13.2 Å². The molecule has 0 spiro atoms. The highest BCUT2D eigenvalue weighted by Crippen LogP contribution is 2.48. The Kier molecular flexibility index (Phi) is 3.63. The van der Waals surface area contributed by atoms with E-state index in [0.717, 1.165) is 42.6 Å². The molecule has 0 unspecified atom stereocenters. The van der Waals surface area contributed by atoms with E-state index in [9.17, 15) is 9.90 Å². The van der Waals surface area contributed by atoms with Crippen molar-refractivity contribution in [1.82, 2.24) is 0 Å². The number of hydrogen-bond acceptors (Lipinski definition) is 4. The van der Waals surface area contributed by atoms with Gasteiger partial charge >= 0.3 is 0 Å². The van der Waals surface area contributed by atoms with Gasteiger partial charge in [-0.25, -0.2) is 4.79 Å². The lowest BCUT2D eigenvalue weighted by molar-refractivity contribution is 0.386. The Balaban J connectivity index is 2.67. The van der Waals surface area contributed by atoms with Crippen LogP contribution >= 0.6 is 0 Å². The number of phenols is 1. The van der Waals surface area contributed by atoms with Gasteiger partial charge in [0.05, 0.1) is 7.11 Å². The second kappa shape index (κ2) is 5.06. The van der Waals surface area contributed by atoms with Crippen molar-refractivity contribution in [3.05, 3.63) is 22.8 Å². The Bertz CT molecular complexity index is 539. The van der Waals surface area contributed by atoms with Gasteiger partial charge in [-0.05, 0) is 43.9 Å². The van der Waals surface area contributed by atoms with Gasteiger partial charge in [-0.3, -0.25) is 0 Å². The smallest absolute Gasteiger partial charge is 0.235 e. The number of rotatable bonds is 3. The molecule has 1 aromatic rings. The van der Waals surface area contributed by atoms with Crippen LogP contribution in [-0.2, 0) is 10.3 Å². The van der Waals surface area contributed by atoms with E-state index in [1.807, 2.05) is 19.9 Å². The summed E-state index contributed by atoms with van der Waals surface area (Å²) >= 11 is 0. The number of hydrogen-bond donors (Lipinski definition) is 1. The quantitative estimate of drug-likeness (QED) is 0.671. The molecule has 0 saturated heterocycles. The molecule has 1 N–H and O–H groups in total. The average molecular weight is 261 g/mol. The van der Waals surface area contributed by atoms with Crippen LogP contribution in [0.2, 0.25) is 0 Å². The summed E-state index contributed by atoms with van der Waals surface area (Å²) < 4.78 is 5.35. The maximum atomic E-state index is 10.8. The van der Waals surface area contributed by atoms with Gasteiger partial charge in [-0.2, -0.15) is 4.99 Å². The van der Waals surface area contributed by atoms with Crippen LogP contribution in [0, 0.1) is 13.8 Å². The van der Waals surface area contributed by atoms with Crippen LogP contribution in [0.1, 0.15) is 42.4 Å². The van der Waals surface area contributed by atoms with E-state index < -0.39 is 5.54 Å². The number of carbonyl (C=O) groups excluding carboxylic acids is 1. The van der Waals surface area contributed by atoms with Crippen molar-refractivity contribution in [3.63, 3.8) is 0 Å². The molecule has 0 bridgehead atoms. The van der Waals surface area contributed by atoms with Gasteiger partial charge < -0.3 is 9.84 Å². The molecule has 0 radical (unpaired) electrons. The molecule has 102 valence electrons. The van der Waals surface area contributed by atoms with E-state index >= 15 is 0 Å². The number of ether oxygens (including phenoxy) is 1. The maximum Gasteiger partial charge on any atom is 0.235 e. The first-order chi connectivity index (χ1) is 9.05. The van der Waals surface area contributed by atoms with Crippen LogP contribution in [0.15, 0.2) is 11.1 Å². The lowest BCUT2D eigenvalue weighted by atomic mass is 9.85. The molecule has 1 saturated carbocycles. The van der Waals surface area contributed by atoms with Crippen molar-refractivity contribution in [2.45, 2.75) is 45.1 Å². The molecule has 0 aromatic heterocycles. The molecule has 0 heterocycles. The van der Waals surface area contributed by atoms with Crippen LogP contribution in [0.5, 0.6) is 11.5 Å². The van der Waals surface area contributed by atoms with E-state index in [0.29, 0.717) is 5.56 Å². The van der Waals surface area contributed by atoms with E-state index in [-0.39, 0.29) is 5.75 Å². The zero-order valence-electron chi connectivity index (χ0n) is 11.6. The Labute approximate surface area is 113 Å². The SMILES string of the molecule is COc1cc(C2(N=C=O)CCCC2)c(O)c(C)c1C. The van der Waals surface area contributed by atoms with Gasteiger partial charge in [-0.1, -0.05) is 12.8 Å². The topological polar surface area (TPSA) is 58.9 Å². The van der Waals surface area contributed by atoms with Crippen LogP contribution in [0.3, 0.4) is 0 Å². The van der Waals surface area contributed by atoms with Crippen LogP contribution in [0.25, 0.3) is 0 Å². The summed E-state index contributed by atoms with van der Waals surface area (Å²) in [4.78, 5) is 14.8. The predicted octanol–water partition coefficient (Wildman–Crippen LogP) is 3.12. The zero-order valence-corrected chi connectivity index (χ0v) is 11.6. The first-order valence-corrected chi connectivity index (χ1v) is 6.52. The monoisotopic (exact) mass is 261 g/mol. The van der Waals surface area contributed by atoms with Gasteiger partial charge in [0.15, 0.2) is 0 Å². The maximum absolute atomic E-state index is 10.8. The van der Waals surface area contributed by atoms with Gasteiger partial charge in [0.1, 0.15) is 17.0 Å². The number of phenolic OH excluding ortho intramolecular Hbond substituents is 1. The van der Waals surface area contributed by atoms with Gasteiger partial charge in [0.25, 0.3) is 0 Å². The van der Waals surface area contributed by atoms with E-state index in [1.165, 1.54) is 0 Å². The number of isocyanates is 1. The predicted molar refractivity (Wildman–Crippen MR) is 72.4 cm³/mol. The third-order valence-corrected chi connectivity index (χ3v) is 4.23. The number of aromatic hydroxyl groups is 1. The first-order valence-electron chi connectivity index (χ1n) is 6.52. The minimum Gasteiger partial charge on any atom is -0.507 e. The Morgan fingerprint density at radius 3 is 2.47 bits per heavy atom. The largest absolute Gasteiger partial charge is 0.507 e. The fourth-order valence-corrected chi connectivity index (χ4v) is 2.93. The summed E-state index contributed by atoms with van der Waals surface area (Å²) in [6.07, 6.45) is 5.20. The molecule has 2 rings (SSSR count). The normalized spacial score (nSPS) is 17.0. The van der Waals surface area contributed by atoms with E-state index in [4.69, 9.17) is 4.74 Å². The van der Waals surface area contributed by atoms with Crippen molar-refractivity contribution in [2.75, 3.05) is 7.11 Å². The molecular weight excluding hydrogens is 242 g/mol. The Hall–Kier alpha value is -1.80. The van der Waals surface area contributed by atoms with Crippen molar-refractivity contribution in [3.8, 4) is 11.5 Å². The summed E-state index contributed by atoms with van der Waals surface area (Å²) in [5, 5.41) is 10.4. The average Bonchev–Trinajstić information content (AvgIpc) is 2.86. The third kappa shape index (κ3) is 2.13. The molecule has 4 nitrogen and oxygen atoms in total.